The zero-order chi connectivity index (χ0) is 16.7. The van der Waals surface area contributed by atoms with Crippen molar-refractivity contribution in [2.75, 3.05) is 25.0 Å². The van der Waals surface area contributed by atoms with Crippen LogP contribution in [0.1, 0.15) is 24.0 Å². The zero-order valence-corrected chi connectivity index (χ0v) is 13.7. The summed E-state index contributed by atoms with van der Waals surface area (Å²) in [5, 5.41) is 0. The minimum atomic E-state index is -0.558. The van der Waals surface area contributed by atoms with Crippen molar-refractivity contribution < 1.29 is 9.18 Å². The van der Waals surface area contributed by atoms with E-state index in [0.29, 0.717) is 0 Å². The van der Waals surface area contributed by atoms with Gasteiger partial charge in [0, 0.05) is 31.7 Å². The van der Waals surface area contributed by atoms with Crippen molar-refractivity contribution in [3.63, 3.8) is 0 Å². The number of halogens is 1. The Balaban J connectivity index is 1.56. The quantitative estimate of drug-likeness (QED) is 0.852. The molecule has 124 valence electrons. The highest BCUT2D eigenvalue weighted by atomic mass is 19.1. The molecule has 2 aromatic rings. The fraction of sp³-hybridized carbons (Fsp3) is 0.368. The lowest BCUT2D eigenvalue weighted by atomic mass is 9.73. The van der Waals surface area contributed by atoms with Gasteiger partial charge in [0.1, 0.15) is 5.82 Å². The number of fused-ring (bicyclic) bond motifs is 2. The van der Waals surface area contributed by atoms with Crippen LogP contribution in [0.4, 0.5) is 10.1 Å². The second-order valence-corrected chi connectivity index (χ2v) is 6.75. The minimum absolute atomic E-state index is 0.101. The molecular weight excluding hydrogens is 305 g/mol. The first kappa shape index (κ1) is 15.3. The maximum absolute atomic E-state index is 13.8. The first-order chi connectivity index (χ1) is 11.6. The normalized spacial score (nSPS) is 19.8. The number of aromatic nitrogens is 1. The average molecular weight is 325 g/mol. The smallest absolute Gasteiger partial charge is 0.237 e. The molecule has 3 heterocycles. The minimum Gasteiger partial charge on any atom is -0.314 e. The number of benzene rings is 1. The molecule has 0 atom stereocenters. The molecule has 0 bridgehead atoms. The van der Waals surface area contributed by atoms with Crippen LogP contribution in [0, 0.1) is 5.82 Å². The highest BCUT2D eigenvalue weighted by Crippen LogP contribution is 2.47. The van der Waals surface area contributed by atoms with E-state index >= 15 is 0 Å². The van der Waals surface area contributed by atoms with Crippen LogP contribution in [0.5, 0.6) is 0 Å². The third-order valence-electron chi connectivity index (χ3n) is 5.39. The summed E-state index contributed by atoms with van der Waals surface area (Å²) in [4.78, 5) is 21.1. The second kappa shape index (κ2) is 5.67. The fourth-order valence-corrected chi connectivity index (χ4v) is 4.06. The summed E-state index contributed by atoms with van der Waals surface area (Å²) >= 11 is 0. The topological polar surface area (TPSA) is 36.4 Å². The van der Waals surface area contributed by atoms with Crippen molar-refractivity contribution in [1.29, 1.82) is 0 Å². The maximum atomic E-state index is 13.8. The van der Waals surface area contributed by atoms with Crippen molar-refractivity contribution in [2.24, 2.45) is 0 Å². The van der Waals surface area contributed by atoms with E-state index in [4.69, 9.17) is 0 Å². The molecule has 0 unspecified atom stereocenters. The largest absolute Gasteiger partial charge is 0.314 e. The number of carbonyl (C=O) groups is 1. The van der Waals surface area contributed by atoms with E-state index in [9.17, 15) is 9.18 Å². The van der Waals surface area contributed by atoms with Crippen molar-refractivity contribution in [3.05, 3.63) is 59.7 Å². The number of nitrogens with zero attached hydrogens (tertiary/aromatic N) is 3. The highest BCUT2D eigenvalue weighted by Gasteiger charge is 2.51. The predicted molar refractivity (Wildman–Crippen MR) is 90.2 cm³/mol. The van der Waals surface area contributed by atoms with E-state index in [-0.39, 0.29) is 11.7 Å². The third kappa shape index (κ3) is 2.31. The number of piperidine rings is 1. The van der Waals surface area contributed by atoms with E-state index in [1.54, 1.807) is 30.3 Å². The molecule has 1 aromatic carbocycles. The van der Waals surface area contributed by atoms with E-state index in [0.717, 1.165) is 43.7 Å². The molecule has 4 rings (SSSR count). The third-order valence-corrected chi connectivity index (χ3v) is 5.39. The number of hydrogen-bond donors (Lipinski definition) is 0. The molecule has 1 saturated heterocycles. The van der Waals surface area contributed by atoms with Crippen LogP contribution in [-0.4, -0.2) is 35.9 Å². The van der Waals surface area contributed by atoms with Gasteiger partial charge >= 0.3 is 0 Å². The molecule has 24 heavy (non-hydrogen) atoms. The lowest BCUT2D eigenvalue weighted by Gasteiger charge is -2.38. The number of rotatable bonds is 2. The Morgan fingerprint density at radius 2 is 2.04 bits per heavy atom. The van der Waals surface area contributed by atoms with E-state index < -0.39 is 5.41 Å². The van der Waals surface area contributed by atoms with Crippen LogP contribution in [0.2, 0.25) is 0 Å². The Labute approximate surface area is 140 Å². The summed E-state index contributed by atoms with van der Waals surface area (Å²) in [6, 6.07) is 8.71. The molecule has 0 saturated carbocycles. The summed E-state index contributed by atoms with van der Waals surface area (Å²) in [5.41, 5.74) is 2.32. The number of amides is 1. The van der Waals surface area contributed by atoms with E-state index in [2.05, 4.69) is 16.0 Å². The summed E-state index contributed by atoms with van der Waals surface area (Å²) in [6.07, 6.45) is 5.11. The highest BCUT2D eigenvalue weighted by molar-refractivity contribution is 6.07. The van der Waals surface area contributed by atoms with Crippen LogP contribution in [0.15, 0.2) is 42.7 Å². The van der Waals surface area contributed by atoms with Crippen molar-refractivity contribution in [2.45, 2.75) is 24.8 Å². The molecule has 1 fully saturated rings. The summed E-state index contributed by atoms with van der Waals surface area (Å²) in [7, 11) is 1.79. The van der Waals surface area contributed by atoms with Crippen LogP contribution < -0.4 is 4.90 Å². The van der Waals surface area contributed by atoms with Gasteiger partial charge in [-0.15, -0.1) is 0 Å². The van der Waals surface area contributed by atoms with Crippen molar-refractivity contribution in [1.82, 2.24) is 9.88 Å². The van der Waals surface area contributed by atoms with Gasteiger partial charge in [-0.3, -0.25) is 14.7 Å². The molecule has 0 radical (unpaired) electrons. The fourth-order valence-electron chi connectivity index (χ4n) is 4.06. The number of likely N-dealkylation sites (tertiary alicyclic amines) is 1. The van der Waals surface area contributed by atoms with Crippen LogP contribution in [-0.2, 0) is 16.8 Å². The predicted octanol–water partition coefficient (Wildman–Crippen LogP) is 2.73. The van der Waals surface area contributed by atoms with Crippen molar-refractivity contribution >= 4 is 11.6 Å². The number of anilines is 1. The van der Waals surface area contributed by atoms with Crippen LogP contribution in [0.3, 0.4) is 0 Å². The Morgan fingerprint density at radius 1 is 1.25 bits per heavy atom. The lowest BCUT2D eigenvalue weighted by molar-refractivity contribution is -0.124. The Morgan fingerprint density at radius 3 is 2.75 bits per heavy atom. The van der Waals surface area contributed by atoms with Gasteiger partial charge in [-0.1, -0.05) is 6.07 Å². The summed E-state index contributed by atoms with van der Waals surface area (Å²) < 4.78 is 13.8. The van der Waals surface area contributed by atoms with Gasteiger partial charge in [0.25, 0.3) is 0 Å². The standard InChI is InChI=1S/C19H20FN3O/c1-22-17-5-4-15(20)11-16(17)19(18(22)24)6-9-23(10-7-19)13-14-3-2-8-21-12-14/h2-5,8,11-12H,6-7,9-10,13H2,1H3. The average Bonchev–Trinajstić information content (AvgIpc) is 2.80. The summed E-state index contributed by atoms with van der Waals surface area (Å²) in [5.74, 6) is -0.168. The maximum Gasteiger partial charge on any atom is 0.237 e. The Kier molecular flexibility index (Phi) is 3.61. The molecule has 0 aliphatic carbocycles. The van der Waals surface area contributed by atoms with Gasteiger partial charge in [-0.2, -0.15) is 0 Å². The van der Waals surface area contributed by atoms with E-state index in [1.807, 2.05) is 12.3 Å². The number of likely N-dealkylation sites (N-methyl/N-ethyl adjacent to an activating group) is 1. The summed E-state index contributed by atoms with van der Waals surface area (Å²) in [6.45, 7) is 2.48. The molecule has 4 nitrogen and oxygen atoms in total. The van der Waals surface area contributed by atoms with Gasteiger partial charge in [0.15, 0.2) is 0 Å². The molecule has 0 N–H and O–H groups in total. The molecule has 2 aliphatic heterocycles. The molecule has 1 aromatic heterocycles. The second-order valence-electron chi connectivity index (χ2n) is 6.75. The monoisotopic (exact) mass is 325 g/mol. The molecule has 1 spiro atoms. The van der Waals surface area contributed by atoms with Gasteiger partial charge < -0.3 is 4.90 Å². The number of pyridine rings is 1. The molecular formula is C19H20FN3O. The first-order valence-corrected chi connectivity index (χ1v) is 8.30. The van der Waals surface area contributed by atoms with Crippen molar-refractivity contribution in [3.8, 4) is 0 Å². The van der Waals surface area contributed by atoms with Gasteiger partial charge in [-0.25, -0.2) is 4.39 Å². The van der Waals surface area contributed by atoms with Crippen LogP contribution >= 0.6 is 0 Å². The first-order valence-electron chi connectivity index (χ1n) is 8.30. The number of carbonyl (C=O) groups excluding carboxylic acids is 1. The van der Waals surface area contributed by atoms with Gasteiger partial charge in [-0.05, 0) is 61.3 Å². The Bertz CT molecular complexity index is 769. The van der Waals surface area contributed by atoms with Crippen LogP contribution in [0.25, 0.3) is 0 Å². The zero-order valence-electron chi connectivity index (χ0n) is 13.7. The molecule has 1 amide bonds. The number of hydrogen-bond acceptors (Lipinski definition) is 3. The lowest BCUT2D eigenvalue weighted by Crippen LogP contribution is -2.47. The molecule has 5 heteroatoms. The Hall–Kier alpha value is -2.27. The van der Waals surface area contributed by atoms with E-state index in [1.165, 1.54) is 11.6 Å². The van der Waals surface area contributed by atoms with Gasteiger partial charge in [0.2, 0.25) is 5.91 Å². The SMILES string of the molecule is CN1C(=O)C2(CCN(Cc3cccnc3)CC2)c2cc(F)ccc21. The molecule has 2 aliphatic rings. The van der Waals surface area contributed by atoms with Gasteiger partial charge in [0.05, 0.1) is 5.41 Å².